The van der Waals surface area contributed by atoms with Crippen LogP contribution in [0.5, 0.6) is 11.5 Å². The molecule has 1 aliphatic heterocycles. The van der Waals surface area contributed by atoms with Crippen LogP contribution in [0.1, 0.15) is 33.6 Å². The zero-order valence-electron chi connectivity index (χ0n) is 19.6. The number of benzene rings is 2. The topological polar surface area (TPSA) is 53.0 Å². The lowest BCUT2D eigenvalue weighted by Gasteiger charge is -2.40. The molecule has 1 aliphatic rings. The molecule has 0 bridgehead atoms. The Morgan fingerprint density at radius 3 is 2.62 bits per heavy atom. The Hall–Kier alpha value is -2.90. The first-order valence-electron chi connectivity index (χ1n) is 11.6. The van der Waals surface area contributed by atoms with Gasteiger partial charge >= 0.3 is 0 Å². The van der Waals surface area contributed by atoms with E-state index in [0.29, 0.717) is 29.2 Å². The molecule has 1 aromatic heterocycles. The third-order valence-electron chi connectivity index (χ3n) is 6.82. The second-order valence-electron chi connectivity index (χ2n) is 8.83. The molecular formula is C27H31FN2O3S. The fourth-order valence-corrected chi connectivity index (χ4v) is 5.56. The van der Waals surface area contributed by atoms with Gasteiger partial charge in [0.25, 0.3) is 5.91 Å². The predicted octanol–water partition coefficient (Wildman–Crippen LogP) is 5.20. The van der Waals surface area contributed by atoms with E-state index in [9.17, 15) is 14.3 Å². The number of hydrogen-bond acceptors (Lipinski definition) is 5. The summed E-state index contributed by atoms with van der Waals surface area (Å²) in [6.45, 7) is 2.26. The molecule has 1 fully saturated rings. The van der Waals surface area contributed by atoms with Gasteiger partial charge in [-0.25, -0.2) is 4.39 Å². The number of hydrogen-bond donors (Lipinski definition) is 1. The summed E-state index contributed by atoms with van der Waals surface area (Å²) in [6.07, 6.45) is 2.26. The maximum absolute atomic E-state index is 14.5. The summed E-state index contributed by atoms with van der Waals surface area (Å²) in [4.78, 5) is 18.0. The van der Waals surface area contributed by atoms with Gasteiger partial charge < -0.3 is 14.7 Å². The van der Waals surface area contributed by atoms with E-state index in [4.69, 9.17) is 4.74 Å². The van der Waals surface area contributed by atoms with Gasteiger partial charge in [0.2, 0.25) is 0 Å². The quantitative estimate of drug-likeness (QED) is 0.480. The molecule has 34 heavy (non-hydrogen) atoms. The van der Waals surface area contributed by atoms with Gasteiger partial charge in [-0.2, -0.15) is 0 Å². The van der Waals surface area contributed by atoms with Gasteiger partial charge in [0.15, 0.2) is 0 Å². The molecule has 5 nitrogen and oxygen atoms in total. The zero-order valence-corrected chi connectivity index (χ0v) is 20.4. The van der Waals surface area contributed by atoms with Crippen LogP contribution in [0.25, 0.3) is 0 Å². The lowest BCUT2D eigenvalue weighted by Crippen LogP contribution is -2.47. The summed E-state index contributed by atoms with van der Waals surface area (Å²) >= 11 is 1.43. The van der Waals surface area contributed by atoms with Gasteiger partial charge in [0.05, 0.1) is 12.0 Å². The van der Waals surface area contributed by atoms with Crippen molar-refractivity contribution in [1.29, 1.82) is 0 Å². The number of thiophene rings is 1. The lowest BCUT2D eigenvalue weighted by molar-refractivity contribution is 0.0586. The van der Waals surface area contributed by atoms with Crippen molar-refractivity contribution >= 4 is 17.2 Å². The number of amides is 1. The van der Waals surface area contributed by atoms with Gasteiger partial charge in [-0.15, -0.1) is 11.3 Å². The number of likely N-dealkylation sites (tertiary alicyclic amines) is 1. The Kier molecular flexibility index (Phi) is 7.85. The van der Waals surface area contributed by atoms with Crippen molar-refractivity contribution in [2.45, 2.75) is 31.8 Å². The van der Waals surface area contributed by atoms with E-state index in [1.54, 1.807) is 25.3 Å². The van der Waals surface area contributed by atoms with Gasteiger partial charge in [0.1, 0.15) is 17.3 Å². The predicted molar refractivity (Wildman–Crippen MR) is 133 cm³/mol. The van der Waals surface area contributed by atoms with Crippen LogP contribution in [0.2, 0.25) is 0 Å². The number of carbonyl (C=O) groups is 1. The maximum atomic E-state index is 14.5. The summed E-state index contributed by atoms with van der Waals surface area (Å²) in [7, 11) is 3.45. The van der Waals surface area contributed by atoms with Crippen LogP contribution in [0.3, 0.4) is 0 Å². The molecular weight excluding hydrogens is 451 g/mol. The van der Waals surface area contributed by atoms with Gasteiger partial charge in [-0.05, 0) is 73.5 Å². The number of nitrogens with zero attached hydrogens (tertiary/aromatic N) is 2. The number of halogens is 1. The number of ether oxygens (including phenoxy) is 1. The third kappa shape index (κ3) is 5.42. The van der Waals surface area contributed by atoms with Crippen molar-refractivity contribution in [2.24, 2.45) is 5.92 Å². The molecule has 0 radical (unpaired) electrons. The van der Waals surface area contributed by atoms with Gasteiger partial charge in [-0.1, -0.05) is 30.3 Å². The minimum atomic E-state index is -0.228. The first-order chi connectivity index (χ1) is 16.5. The number of aromatic hydroxyl groups is 1. The monoisotopic (exact) mass is 482 g/mol. The molecule has 180 valence electrons. The van der Waals surface area contributed by atoms with Gasteiger partial charge in [-0.3, -0.25) is 9.69 Å². The van der Waals surface area contributed by atoms with Crippen LogP contribution in [0.4, 0.5) is 4.39 Å². The second-order valence-corrected chi connectivity index (χ2v) is 9.78. The molecule has 0 saturated carbocycles. The number of rotatable bonds is 8. The number of likely N-dealkylation sites (N-methyl/N-ethyl adjacent to an activating group) is 1. The normalized spacial score (nSPS) is 15.7. The van der Waals surface area contributed by atoms with Crippen LogP contribution >= 0.6 is 11.3 Å². The largest absolute Gasteiger partial charge is 0.507 e. The fraction of sp³-hybridized carbons (Fsp3) is 0.370. The van der Waals surface area contributed by atoms with Crippen molar-refractivity contribution in [1.82, 2.24) is 9.80 Å². The van der Waals surface area contributed by atoms with E-state index >= 15 is 0 Å². The molecule has 7 heteroatoms. The molecule has 0 spiro atoms. The Morgan fingerprint density at radius 2 is 1.94 bits per heavy atom. The van der Waals surface area contributed by atoms with Crippen molar-refractivity contribution < 1.29 is 19.0 Å². The Balaban J connectivity index is 1.49. The zero-order chi connectivity index (χ0) is 24.1. The molecule has 1 saturated heterocycles. The Morgan fingerprint density at radius 1 is 1.18 bits per heavy atom. The number of phenolic OH excluding ortho intramolecular Hbond substituents is 1. The number of carbonyl (C=O) groups excluding carboxylic acids is 1. The molecule has 2 aromatic carbocycles. The molecule has 1 amide bonds. The van der Waals surface area contributed by atoms with Crippen LogP contribution < -0.4 is 4.74 Å². The van der Waals surface area contributed by atoms with E-state index in [-0.39, 0.29) is 29.4 Å². The molecule has 1 N–H and O–H groups in total. The minimum absolute atomic E-state index is 0.0160. The molecule has 3 aromatic rings. The van der Waals surface area contributed by atoms with E-state index in [1.165, 1.54) is 17.4 Å². The first kappa shape index (κ1) is 24.2. The highest BCUT2D eigenvalue weighted by Crippen LogP contribution is 2.32. The lowest BCUT2D eigenvalue weighted by atomic mass is 9.84. The molecule has 1 atom stereocenters. The highest BCUT2D eigenvalue weighted by atomic mass is 32.1. The summed E-state index contributed by atoms with van der Waals surface area (Å²) in [5.41, 5.74) is 1.43. The van der Waals surface area contributed by atoms with Crippen LogP contribution in [-0.4, -0.2) is 54.1 Å². The Bertz CT molecular complexity index is 1100. The molecule has 0 unspecified atom stereocenters. The first-order valence-corrected chi connectivity index (χ1v) is 12.5. The molecule has 2 heterocycles. The van der Waals surface area contributed by atoms with Crippen molar-refractivity contribution in [3.8, 4) is 11.5 Å². The highest BCUT2D eigenvalue weighted by molar-refractivity contribution is 7.12. The van der Waals surface area contributed by atoms with Crippen molar-refractivity contribution in [2.75, 3.05) is 27.2 Å². The van der Waals surface area contributed by atoms with Crippen LogP contribution in [0.15, 0.2) is 60.0 Å². The summed E-state index contributed by atoms with van der Waals surface area (Å²) in [5, 5.41) is 12.2. The van der Waals surface area contributed by atoms with Crippen LogP contribution in [0, 0.1) is 11.7 Å². The number of methoxy groups -OCH3 is 1. The molecule has 4 rings (SSSR count). The third-order valence-corrected chi connectivity index (χ3v) is 7.68. The second kappa shape index (κ2) is 11.0. The average Bonchev–Trinajstić information content (AvgIpc) is 3.39. The standard InChI is InChI=1S/C27H31FN2O3S/c1-29(27(32)26-11-6-16-34-26)23(17-20-7-3-4-8-22(20)28)19-12-14-30(15-13-19)18-21-24(31)9-5-10-25(21)33-2/h3-11,16,19,23,31H,12-15,17-18H2,1-2H3/t23-/m0/s1. The summed E-state index contributed by atoms with van der Waals surface area (Å²) < 4.78 is 20.0. The fourth-order valence-electron chi connectivity index (χ4n) is 4.86. The number of piperidine rings is 1. The van der Waals surface area contributed by atoms with Crippen molar-refractivity contribution in [3.05, 3.63) is 81.8 Å². The van der Waals surface area contributed by atoms with E-state index in [1.807, 2.05) is 47.7 Å². The SMILES string of the molecule is COc1cccc(O)c1CN1CCC([C@H](Cc2ccccc2F)N(C)C(=O)c2cccs2)CC1. The minimum Gasteiger partial charge on any atom is -0.507 e. The number of phenols is 1. The Labute approximate surface area is 204 Å². The van der Waals surface area contributed by atoms with Crippen molar-refractivity contribution in [3.63, 3.8) is 0 Å². The van der Waals surface area contributed by atoms with E-state index in [0.717, 1.165) is 31.5 Å². The van der Waals surface area contributed by atoms with Gasteiger partial charge in [0, 0.05) is 25.2 Å². The van der Waals surface area contributed by atoms with E-state index < -0.39 is 0 Å². The smallest absolute Gasteiger partial charge is 0.263 e. The maximum Gasteiger partial charge on any atom is 0.263 e. The summed E-state index contributed by atoms with van der Waals surface area (Å²) in [6, 6.07) is 15.8. The van der Waals surface area contributed by atoms with Crippen LogP contribution in [-0.2, 0) is 13.0 Å². The highest BCUT2D eigenvalue weighted by Gasteiger charge is 2.33. The average molecular weight is 483 g/mol. The molecule has 0 aliphatic carbocycles. The summed E-state index contributed by atoms with van der Waals surface area (Å²) in [5.74, 6) is 0.920. The van der Waals surface area contributed by atoms with E-state index in [2.05, 4.69) is 4.90 Å².